The van der Waals surface area contributed by atoms with Crippen LogP contribution in [0, 0.1) is 6.92 Å². The van der Waals surface area contributed by atoms with Crippen LogP contribution >= 0.6 is 0 Å². The van der Waals surface area contributed by atoms with Gasteiger partial charge in [-0.2, -0.15) is 18.3 Å². The molecule has 1 fully saturated rings. The molecule has 4 rings (SSSR count). The summed E-state index contributed by atoms with van der Waals surface area (Å²) in [6.07, 6.45) is -0.0670. The Morgan fingerprint density at radius 2 is 1.78 bits per heavy atom. The zero-order valence-corrected chi connectivity index (χ0v) is 20.6. The normalized spacial score (nSPS) is 20.0. The number of hydrogen-bond acceptors (Lipinski definition) is 6. The summed E-state index contributed by atoms with van der Waals surface area (Å²) in [6, 6.07) is 8.05. The van der Waals surface area contributed by atoms with Gasteiger partial charge < -0.3 is 9.84 Å². The molecule has 0 spiro atoms. The number of aromatic nitrogens is 3. The molecule has 1 N–H and O–H groups in total. The third-order valence-electron chi connectivity index (χ3n) is 6.90. The number of ketones is 1. The van der Waals surface area contributed by atoms with E-state index in [2.05, 4.69) is 10.1 Å². The molecular formula is C27H28F3N3O4. The van der Waals surface area contributed by atoms with Gasteiger partial charge in [0.2, 0.25) is 0 Å². The van der Waals surface area contributed by atoms with E-state index in [1.54, 1.807) is 32.2 Å². The van der Waals surface area contributed by atoms with Crippen molar-refractivity contribution in [2.45, 2.75) is 63.6 Å². The first-order valence-electron chi connectivity index (χ1n) is 12.1. The van der Waals surface area contributed by atoms with Gasteiger partial charge in [-0.3, -0.25) is 14.6 Å². The van der Waals surface area contributed by atoms with Crippen molar-refractivity contribution in [2.24, 2.45) is 0 Å². The van der Waals surface area contributed by atoms with Crippen LogP contribution in [-0.2, 0) is 27.5 Å². The molecule has 7 nitrogen and oxygen atoms in total. The van der Waals surface area contributed by atoms with Gasteiger partial charge in [0.25, 0.3) is 0 Å². The topological polar surface area (TPSA) is 94.3 Å². The summed E-state index contributed by atoms with van der Waals surface area (Å²) in [7, 11) is 0. The minimum absolute atomic E-state index is 0.0396. The number of alkyl halides is 3. The quantitative estimate of drug-likeness (QED) is 0.360. The van der Waals surface area contributed by atoms with E-state index in [0.717, 1.165) is 12.1 Å². The summed E-state index contributed by atoms with van der Waals surface area (Å²) in [5.74, 6) is -0.573. The van der Waals surface area contributed by atoms with Gasteiger partial charge in [-0.05, 0) is 75.4 Å². The zero-order chi connectivity index (χ0) is 26.8. The van der Waals surface area contributed by atoms with E-state index in [9.17, 15) is 27.9 Å². The number of carbonyl (C=O) groups excluding carboxylic acids is 2. The van der Waals surface area contributed by atoms with Gasteiger partial charge in [-0.1, -0.05) is 6.07 Å². The molecule has 2 heterocycles. The first-order chi connectivity index (χ1) is 17.5. The molecule has 0 atom stereocenters. The summed E-state index contributed by atoms with van der Waals surface area (Å²) in [5.41, 5.74) is 0.798. The molecule has 0 aliphatic heterocycles. The number of hydrogen-bond donors (Lipinski definition) is 1. The van der Waals surface area contributed by atoms with Crippen molar-refractivity contribution >= 4 is 11.8 Å². The molecule has 0 saturated heterocycles. The fourth-order valence-electron chi connectivity index (χ4n) is 4.76. The number of carbonyl (C=O) groups is 2. The number of benzene rings is 1. The van der Waals surface area contributed by atoms with E-state index < -0.39 is 23.3 Å². The maximum Gasteiger partial charge on any atom is 0.416 e. The first kappa shape index (κ1) is 26.5. The van der Waals surface area contributed by atoms with Gasteiger partial charge in [0.15, 0.2) is 5.78 Å². The molecule has 1 aliphatic rings. The van der Waals surface area contributed by atoms with Crippen LogP contribution in [0.5, 0.6) is 0 Å². The predicted molar refractivity (Wildman–Crippen MR) is 128 cm³/mol. The van der Waals surface area contributed by atoms with Gasteiger partial charge in [0.05, 0.1) is 47.1 Å². The van der Waals surface area contributed by atoms with Crippen molar-refractivity contribution in [1.29, 1.82) is 0 Å². The number of Topliss-reactive ketones (excluding diaryl/α,β-unsaturated/α-hetero) is 1. The summed E-state index contributed by atoms with van der Waals surface area (Å²) in [6.45, 7) is 3.67. The van der Waals surface area contributed by atoms with Gasteiger partial charge in [0, 0.05) is 12.6 Å². The fourth-order valence-corrected chi connectivity index (χ4v) is 4.76. The number of esters is 1. The van der Waals surface area contributed by atoms with Crippen LogP contribution in [0.4, 0.5) is 13.2 Å². The molecule has 0 radical (unpaired) electrons. The molecule has 0 unspecified atom stereocenters. The van der Waals surface area contributed by atoms with Crippen LogP contribution in [0.15, 0.2) is 48.8 Å². The number of pyridine rings is 1. The third kappa shape index (κ3) is 5.44. The minimum atomic E-state index is -4.43. The molecule has 37 heavy (non-hydrogen) atoms. The highest BCUT2D eigenvalue weighted by Crippen LogP contribution is 2.40. The van der Waals surface area contributed by atoms with Crippen LogP contribution in [0.2, 0.25) is 0 Å². The summed E-state index contributed by atoms with van der Waals surface area (Å²) in [5, 5.41) is 14.1. The summed E-state index contributed by atoms with van der Waals surface area (Å²) in [4.78, 5) is 30.4. The van der Waals surface area contributed by atoms with Crippen molar-refractivity contribution < 1.29 is 32.6 Å². The van der Waals surface area contributed by atoms with Crippen LogP contribution in [0.1, 0.15) is 65.5 Å². The molecule has 10 heteroatoms. The number of halogens is 3. The number of nitrogens with zero attached hydrogens (tertiary/aromatic N) is 3. The molecule has 3 aromatic rings. The molecule has 1 aliphatic carbocycles. The van der Waals surface area contributed by atoms with E-state index in [-0.39, 0.29) is 24.8 Å². The average Bonchev–Trinajstić information content (AvgIpc) is 3.26. The Labute approximate surface area is 212 Å². The zero-order valence-electron chi connectivity index (χ0n) is 20.6. The molecule has 0 amide bonds. The van der Waals surface area contributed by atoms with Crippen molar-refractivity contribution in [3.63, 3.8) is 0 Å². The Balaban J connectivity index is 1.50. The van der Waals surface area contributed by atoms with Gasteiger partial charge in [-0.25, -0.2) is 4.68 Å². The van der Waals surface area contributed by atoms with Crippen molar-refractivity contribution in [3.05, 3.63) is 76.9 Å². The van der Waals surface area contributed by atoms with Gasteiger partial charge in [0.1, 0.15) is 5.41 Å². The molecule has 1 aromatic carbocycles. The van der Waals surface area contributed by atoms with Crippen LogP contribution in [0.3, 0.4) is 0 Å². The van der Waals surface area contributed by atoms with Crippen molar-refractivity contribution in [3.8, 4) is 5.69 Å². The maximum atomic E-state index is 13.0. The van der Waals surface area contributed by atoms with E-state index >= 15 is 0 Å². The standard InChI is InChI=1S/C27H28F3N3O4/c1-3-37-25(36)26(12-10-21(34)11-13-26)24-9-4-18(15-31-24)14-23(35)22-16-32-33(17(22)2)20-7-5-19(6-8-20)27(28,29)30/h4-9,15-16,21,34H,3,10-14H2,1-2H3. The van der Waals surface area contributed by atoms with Crippen molar-refractivity contribution in [2.75, 3.05) is 6.61 Å². The van der Waals surface area contributed by atoms with Crippen LogP contribution < -0.4 is 0 Å². The van der Waals surface area contributed by atoms with Crippen LogP contribution in [0.25, 0.3) is 5.69 Å². The molecule has 2 aromatic heterocycles. The lowest BCUT2D eigenvalue weighted by Gasteiger charge is -2.36. The minimum Gasteiger partial charge on any atom is -0.465 e. The largest absolute Gasteiger partial charge is 0.465 e. The van der Waals surface area contributed by atoms with Crippen LogP contribution in [-0.4, -0.2) is 44.3 Å². The first-order valence-corrected chi connectivity index (χ1v) is 12.1. The molecule has 1 saturated carbocycles. The fraction of sp³-hybridized carbons (Fsp3) is 0.407. The lowest BCUT2D eigenvalue weighted by Crippen LogP contribution is -2.42. The lowest BCUT2D eigenvalue weighted by atomic mass is 9.70. The Hall–Kier alpha value is -3.53. The Kier molecular flexibility index (Phi) is 7.49. The van der Waals surface area contributed by atoms with Gasteiger partial charge in [-0.15, -0.1) is 0 Å². The molecular weight excluding hydrogens is 487 g/mol. The second kappa shape index (κ2) is 10.5. The second-order valence-corrected chi connectivity index (χ2v) is 9.29. The second-order valence-electron chi connectivity index (χ2n) is 9.29. The summed E-state index contributed by atoms with van der Waals surface area (Å²) < 4.78 is 45.3. The number of aliphatic hydroxyl groups excluding tert-OH is 1. The predicted octanol–water partition coefficient (Wildman–Crippen LogP) is 4.76. The Bertz CT molecular complexity index is 1260. The van der Waals surface area contributed by atoms with E-state index in [1.165, 1.54) is 23.0 Å². The number of aliphatic hydroxyl groups is 1. The monoisotopic (exact) mass is 515 g/mol. The highest BCUT2D eigenvalue weighted by molar-refractivity contribution is 5.98. The van der Waals surface area contributed by atoms with E-state index in [4.69, 9.17) is 4.74 Å². The molecule has 196 valence electrons. The summed E-state index contributed by atoms with van der Waals surface area (Å²) >= 11 is 0. The smallest absolute Gasteiger partial charge is 0.416 e. The molecule has 0 bridgehead atoms. The maximum absolute atomic E-state index is 13.0. The number of rotatable bonds is 7. The Morgan fingerprint density at radius 3 is 2.35 bits per heavy atom. The van der Waals surface area contributed by atoms with Crippen molar-refractivity contribution in [1.82, 2.24) is 14.8 Å². The Morgan fingerprint density at radius 1 is 1.11 bits per heavy atom. The third-order valence-corrected chi connectivity index (χ3v) is 6.90. The van der Waals surface area contributed by atoms with E-state index in [0.29, 0.717) is 53.9 Å². The van der Waals surface area contributed by atoms with E-state index in [1.807, 2.05) is 0 Å². The highest BCUT2D eigenvalue weighted by Gasteiger charge is 2.45. The SMILES string of the molecule is CCOC(=O)C1(c2ccc(CC(=O)c3cnn(-c4ccc(C(F)(F)F)cc4)c3C)cn2)CCC(O)CC1. The van der Waals surface area contributed by atoms with Gasteiger partial charge >= 0.3 is 12.1 Å². The lowest BCUT2D eigenvalue weighted by molar-refractivity contribution is -0.152. The average molecular weight is 516 g/mol. The highest BCUT2D eigenvalue weighted by atomic mass is 19.4. The number of ether oxygens (including phenoxy) is 1.